The highest BCUT2D eigenvalue weighted by Crippen LogP contribution is 2.07. The summed E-state index contributed by atoms with van der Waals surface area (Å²) in [6, 6.07) is 6.10. The number of nitrogens with one attached hydrogen (secondary N) is 2. The van der Waals surface area contributed by atoms with Crippen LogP contribution in [0, 0.1) is 5.82 Å². The van der Waals surface area contributed by atoms with Crippen LogP contribution in [0.5, 0.6) is 0 Å². The highest BCUT2D eigenvalue weighted by Gasteiger charge is 2.19. The van der Waals surface area contributed by atoms with Gasteiger partial charge in [-0.25, -0.2) is 17.5 Å². The van der Waals surface area contributed by atoms with E-state index in [1.165, 1.54) is 6.07 Å². The molecule has 0 aromatic heterocycles. The molecule has 0 aliphatic carbocycles. The summed E-state index contributed by atoms with van der Waals surface area (Å²) in [5, 5.41) is 2.23. The first-order chi connectivity index (χ1) is 7.97. The van der Waals surface area contributed by atoms with Crippen LogP contribution in [-0.4, -0.2) is 27.3 Å². The molecule has 0 bridgehead atoms. The van der Waals surface area contributed by atoms with Crippen LogP contribution in [0.25, 0.3) is 0 Å². The highest BCUT2D eigenvalue weighted by atomic mass is 32.2. The molecule has 1 aromatic carbocycles. The monoisotopic (exact) mass is 260 g/mol. The summed E-state index contributed by atoms with van der Waals surface area (Å²) in [5.41, 5.74) is 0.340. The van der Waals surface area contributed by atoms with Crippen LogP contribution in [-0.2, 0) is 16.6 Å². The maximum absolute atomic E-state index is 13.3. The van der Waals surface area contributed by atoms with Crippen molar-refractivity contribution < 1.29 is 12.8 Å². The molecule has 17 heavy (non-hydrogen) atoms. The van der Waals surface area contributed by atoms with Crippen molar-refractivity contribution in [3.63, 3.8) is 0 Å². The number of hydrogen-bond acceptors (Lipinski definition) is 3. The van der Waals surface area contributed by atoms with Crippen LogP contribution >= 0.6 is 0 Å². The molecule has 0 fully saturated rings. The van der Waals surface area contributed by atoms with E-state index in [4.69, 9.17) is 0 Å². The third-order valence-corrected chi connectivity index (χ3v) is 4.22. The van der Waals surface area contributed by atoms with Crippen molar-refractivity contribution in [2.24, 2.45) is 0 Å². The maximum Gasteiger partial charge on any atom is 0.215 e. The fraction of sp³-hybridized carbons (Fsp3) is 0.455. The van der Waals surface area contributed by atoms with E-state index in [2.05, 4.69) is 10.0 Å². The largest absolute Gasteiger partial charge is 0.318 e. The van der Waals surface area contributed by atoms with Gasteiger partial charge in [0.25, 0.3) is 0 Å². The van der Waals surface area contributed by atoms with Gasteiger partial charge in [-0.15, -0.1) is 0 Å². The summed E-state index contributed by atoms with van der Waals surface area (Å²) < 4.78 is 39.1. The molecule has 1 atom stereocenters. The lowest BCUT2D eigenvalue weighted by Gasteiger charge is -2.13. The van der Waals surface area contributed by atoms with Crippen molar-refractivity contribution in [2.75, 3.05) is 13.6 Å². The summed E-state index contributed by atoms with van der Waals surface area (Å²) in [6.07, 6.45) is 0. The van der Waals surface area contributed by atoms with Crippen molar-refractivity contribution in [3.8, 4) is 0 Å². The minimum atomic E-state index is -3.42. The minimum absolute atomic E-state index is 0.0247. The van der Waals surface area contributed by atoms with Crippen LogP contribution < -0.4 is 10.0 Å². The van der Waals surface area contributed by atoms with Crippen molar-refractivity contribution in [1.82, 2.24) is 10.0 Å². The van der Waals surface area contributed by atoms with Crippen molar-refractivity contribution in [3.05, 3.63) is 35.6 Å². The Morgan fingerprint density at radius 3 is 2.59 bits per heavy atom. The van der Waals surface area contributed by atoms with Crippen molar-refractivity contribution >= 4 is 10.0 Å². The first kappa shape index (κ1) is 14.1. The molecule has 0 aliphatic heterocycles. The molecule has 0 saturated carbocycles. The summed E-state index contributed by atoms with van der Waals surface area (Å²) in [6.45, 7) is 1.93. The Bertz CT molecular complexity index is 462. The maximum atomic E-state index is 13.3. The van der Waals surface area contributed by atoms with E-state index < -0.39 is 21.1 Å². The minimum Gasteiger partial charge on any atom is -0.318 e. The molecule has 0 spiro atoms. The predicted molar refractivity (Wildman–Crippen MR) is 65.5 cm³/mol. The molecule has 1 unspecified atom stereocenters. The molecule has 0 saturated heterocycles. The van der Waals surface area contributed by atoms with E-state index in [1.807, 2.05) is 0 Å². The standard InChI is InChI=1S/C11H17FN2O2S/c1-9(7-13-2)17(15,16)14-8-10-5-3-4-6-11(10)12/h3-6,9,13-14H,7-8H2,1-2H3. The normalized spacial score (nSPS) is 13.6. The van der Waals surface area contributed by atoms with E-state index >= 15 is 0 Å². The van der Waals surface area contributed by atoms with E-state index in [0.29, 0.717) is 12.1 Å². The molecule has 0 radical (unpaired) electrons. The lowest BCUT2D eigenvalue weighted by Crippen LogP contribution is -2.37. The van der Waals surface area contributed by atoms with Gasteiger partial charge in [0.05, 0.1) is 5.25 Å². The topological polar surface area (TPSA) is 58.2 Å². The van der Waals surface area contributed by atoms with Crippen LogP contribution in [0.1, 0.15) is 12.5 Å². The van der Waals surface area contributed by atoms with Crippen molar-refractivity contribution in [2.45, 2.75) is 18.7 Å². The molecule has 0 heterocycles. The third kappa shape index (κ3) is 4.07. The van der Waals surface area contributed by atoms with Gasteiger partial charge in [-0.3, -0.25) is 0 Å². The first-order valence-corrected chi connectivity index (χ1v) is 6.88. The molecule has 2 N–H and O–H groups in total. The fourth-order valence-electron chi connectivity index (χ4n) is 1.36. The Balaban J connectivity index is 2.65. The summed E-state index contributed by atoms with van der Waals surface area (Å²) >= 11 is 0. The van der Waals surface area contributed by atoms with Crippen LogP contribution in [0.4, 0.5) is 4.39 Å². The zero-order chi connectivity index (χ0) is 12.9. The Labute approximate surface area is 101 Å². The first-order valence-electron chi connectivity index (χ1n) is 5.34. The molecule has 6 heteroatoms. The van der Waals surface area contributed by atoms with Crippen LogP contribution in [0.15, 0.2) is 24.3 Å². The molecule has 1 aromatic rings. The fourth-order valence-corrected chi connectivity index (χ4v) is 2.39. The Morgan fingerprint density at radius 1 is 1.35 bits per heavy atom. The molecule has 0 amide bonds. The zero-order valence-corrected chi connectivity index (χ0v) is 10.7. The number of halogens is 1. The second kappa shape index (κ2) is 6.09. The lowest BCUT2D eigenvalue weighted by atomic mass is 10.2. The second-order valence-corrected chi connectivity index (χ2v) is 6.01. The van der Waals surface area contributed by atoms with Crippen LogP contribution in [0.2, 0.25) is 0 Å². The lowest BCUT2D eigenvalue weighted by molar-refractivity contribution is 0.558. The van der Waals surface area contributed by atoms with Crippen molar-refractivity contribution in [1.29, 1.82) is 0 Å². The van der Waals surface area contributed by atoms with E-state index in [9.17, 15) is 12.8 Å². The Kier molecular flexibility index (Phi) is 5.04. The quantitative estimate of drug-likeness (QED) is 0.797. The smallest absolute Gasteiger partial charge is 0.215 e. The van der Waals surface area contributed by atoms with E-state index in [-0.39, 0.29) is 6.54 Å². The number of rotatable bonds is 6. The molecular weight excluding hydrogens is 243 g/mol. The molecule has 0 aliphatic rings. The molecule has 96 valence electrons. The van der Waals surface area contributed by atoms with E-state index in [1.54, 1.807) is 32.2 Å². The van der Waals surface area contributed by atoms with Gasteiger partial charge in [0.15, 0.2) is 0 Å². The van der Waals surface area contributed by atoms with Gasteiger partial charge in [0.1, 0.15) is 5.82 Å². The molecule has 1 rings (SSSR count). The summed E-state index contributed by atoms with van der Waals surface area (Å²) in [7, 11) is -1.73. The highest BCUT2D eigenvalue weighted by molar-refractivity contribution is 7.90. The SMILES string of the molecule is CNCC(C)S(=O)(=O)NCc1ccccc1F. The second-order valence-electron chi connectivity index (χ2n) is 3.83. The molecular formula is C11H17FN2O2S. The predicted octanol–water partition coefficient (Wildman–Crippen LogP) is 0.853. The van der Waals surface area contributed by atoms with Crippen LogP contribution in [0.3, 0.4) is 0 Å². The third-order valence-electron chi connectivity index (χ3n) is 2.44. The number of sulfonamides is 1. The average Bonchev–Trinajstić information content (AvgIpc) is 2.28. The molecule has 4 nitrogen and oxygen atoms in total. The Morgan fingerprint density at radius 2 is 2.00 bits per heavy atom. The van der Waals surface area contributed by atoms with Gasteiger partial charge < -0.3 is 5.32 Å². The van der Waals surface area contributed by atoms with Gasteiger partial charge in [-0.2, -0.15) is 0 Å². The van der Waals surface area contributed by atoms with E-state index in [0.717, 1.165) is 0 Å². The number of hydrogen-bond donors (Lipinski definition) is 2. The Hall–Kier alpha value is -0.980. The van der Waals surface area contributed by atoms with Gasteiger partial charge in [-0.1, -0.05) is 18.2 Å². The zero-order valence-electron chi connectivity index (χ0n) is 9.90. The summed E-state index contributed by atoms with van der Waals surface area (Å²) in [5.74, 6) is -0.406. The summed E-state index contributed by atoms with van der Waals surface area (Å²) in [4.78, 5) is 0. The number of benzene rings is 1. The van der Waals surface area contributed by atoms with Gasteiger partial charge in [0, 0.05) is 18.7 Å². The average molecular weight is 260 g/mol. The van der Waals surface area contributed by atoms with Gasteiger partial charge in [-0.05, 0) is 20.0 Å². The van der Waals surface area contributed by atoms with Gasteiger partial charge >= 0.3 is 0 Å². The van der Waals surface area contributed by atoms with Gasteiger partial charge in [0.2, 0.25) is 10.0 Å².